The lowest BCUT2D eigenvalue weighted by atomic mass is 10.2. The molecule has 0 bridgehead atoms. The summed E-state index contributed by atoms with van der Waals surface area (Å²) in [4.78, 5) is 11.7. The van der Waals surface area contributed by atoms with Crippen molar-refractivity contribution in [2.45, 2.75) is 6.92 Å². The second kappa shape index (κ2) is 8.19. The topological polar surface area (TPSA) is 59.9 Å². The summed E-state index contributed by atoms with van der Waals surface area (Å²) >= 11 is 5.87. The van der Waals surface area contributed by atoms with E-state index in [9.17, 15) is 4.79 Å². The smallest absolute Gasteiger partial charge is 0.277 e. The number of amides is 1. The molecule has 0 fully saturated rings. The molecule has 0 aliphatic rings. The van der Waals surface area contributed by atoms with Gasteiger partial charge in [-0.15, -0.1) is 0 Å². The molecule has 0 spiro atoms. The highest BCUT2D eigenvalue weighted by molar-refractivity contribution is 6.30. The Kier molecular flexibility index (Phi) is 6.00. The molecule has 2 rings (SSSR count). The average Bonchev–Trinajstić information content (AvgIpc) is 2.54. The summed E-state index contributed by atoms with van der Waals surface area (Å²) in [5, 5.41) is 4.51. The molecule has 0 saturated carbocycles. The summed E-state index contributed by atoms with van der Waals surface area (Å²) in [7, 11) is 1.59. The number of ether oxygens (including phenoxy) is 2. The van der Waals surface area contributed by atoms with Crippen LogP contribution in [0.2, 0.25) is 5.02 Å². The maximum atomic E-state index is 11.7. The van der Waals surface area contributed by atoms with Gasteiger partial charge in [-0.25, -0.2) is 5.43 Å². The van der Waals surface area contributed by atoms with Gasteiger partial charge in [0.2, 0.25) is 0 Å². The standard InChI is InChI=1S/C17H17ClN2O3/c1-12-8-14(18)6-7-16(12)23-11-17(21)20-19-10-13-4-3-5-15(9-13)22-2/h3-10H,11H2,1-2H3,(H,20,21)/b19-10+. The van der Waals surface area contributed by atoms with Crippen LogP contribution in [0.5, 0.6) is 11.5 Å². The summed E-state index contributed by atoms with van der Waals surface area (Å²) in [6.45, 7) is 1.73. The molecule has 0 aromatic heterocycles. The second-order valence-corrected chi connectivity index (χ2v) is 5.20. The molecule has 0 unspecified atom stereocenters. The molecule has 0 atom stereocenters. The van der Waals surface area contributed by atoms with Crippen LogP contribution in [0.3, 0.4) is 0 Å². The maximum Gasteiger partial charge on any atom is 0.277 e. The van der Waals surface area contributed by atoms with Crippen molar-refractivity contribution >= 4 is 23.7 Å². The number of carbonyl (C=O) groups is 1. The molecule has 5 nitrogen and oxygen atoms in total. The van der Waals surface area contributed by atoms with Gasteiger partial charge in [-0.2, -0.15) is 5.10 Å². The van der Waals surface area contributed by atoms with Gasteiger partial charge in [0.05, 0.1) is 13.3 Å². The van der Waals surface area contributed by atoms with Gasteiger partial charge in [-0.3, -0.25) is 4.79 Å². The Labute approximate surface area is 139 Å². The fourth-order valence-electron chi connectivity index (χ4n) is 1.85. The molecule has 0 aliphatic carbocycles. The Morgan fingerprint density at radius 2 is 2.13 bits per heavy atom. The monoisotopic (exact) mass is 332 g/mol. The van der Waals surface area contributed by atoms with Crippen molar-refractivity contribution < 1.29 is 14.3 Å². The van der Waals surface area contributed by atoms with E-state index in [4.69, 9.17) is 21.1 Å². The molecule has 0 heterocycles. The van der Waals surface area contributed by atoms with E-state index in [0.717, 1.165) is 16.9 Å². The van der Waals surface area contributed by atoms with Crippen molar-refractivity contribution in [3.05, 3.63) is 58.6 Å². The number of methoxy groups -OCH3 is 1. The van der Waals surface area contributed by atoms with Gasteiger partial charge in [0.1, 0.15) is 11.5 Å². The number of nitrogens with one attached hydrogen (secondary N) is 1. The van der Waals surface area contributed by atoms with Crippen molar-refractivity contribution in [3.8, 4) is 11.5 Å². The number of benzene rings is 2. The predicted molar refractivity (Wildman–Crippen MR) is 90.4 cm³/mol. The van der Waals surface area contributed by atoms with Crippen LogP contribution in [0.1, 0.15) is 11.1 Å². The quantitative estimate of drug-likeness (QED) is 0.653. The molecule has 1 amide bonds. The van der Waals surface area contributed by atoms with Crippen LogP contribution in [0, 0.1) is 6.92 Å². The van der Waals surface area contributed by atoms with Gasteiger partial charge in [0.25, 0.3) is 5.91 Å². The van der Waals surface area contributed by atoms with E-state index in [0.29, 0.717) is 10.8 Å². The largest absolute Gasteiger partial charge is 0.497 e. The third-order valence-electron chi connectivity index (χ3n) is 2.99. The number of halogens is 1. The van der Waals surface area contributed by atoms with Crippen LogP contribution in [0.4, 0.5) is 0 Å². The number of carbonyl (C=O) groups excluding carboxylic acids is 1. The Morgan fingerprint density at radius 1 is 1.30 bits per heavy atom. The van der Waals surface area contributed by atoms with E-state index < -0.39 is 0 Å². The maximum absolute atomic E-state index is 11.7. The van der Waals surface area contributed by atoms with Crippen molar-refractivity contribution in [2.75, 3.05) is 13.7 Å². The molecule has 0 saturated heterocycles. The predicted octanol–water partition coefficient (Wildman–Crippen LogP) is 3.19. The van der Waals surface area contributed by atoms with Crippen molar-refractivity contribution in [1.29, 1.82) is 0 Å². The van der Waals surface area contributed by atoms with Crippen LogP contribution in [-0.2, 0) is 4.79 Å². The Balaban J connectivity index is 1.83. The van der Waals surface area contributed by atoms with Gasteiger partial charge in [0.15, 0.2) is 6.61 Å². The minimum Gasteiger partial charge on any atom is -0.497 e. The van der Waals surface area contributed by atoms with E-state index in [1.807, 2.05) is 31.2 Å². The third kappa shape index (κ3) is 5.30. The van der Waals surface area contributed by atoms with E-state index >= 15 is 0 Å². The molecular weight excluding hydrogens is 316 g/mol. The number of rotatable bonds is 6. The lowest BCUT2D eigenvalue weighted by molar-refractivity contribution is -0.123. The number of hydrogen-bond donors (Lipinski definition) is 1. The van der Waals surface area contributed by atoms with Crippen molar-refractivity contribution in [3.63, 3.8) is 0 Å². The molecule has 0 radical (unpaired) electrons. The normalized spacial score (nSPS) is 10.6. The lowest BCUT2D eigenvalue weighted by Crippen LogP contribution is -2.24. The number of hydrazone groups is 1. The van der Waals surface area contributed by atoms with E-state index in [2.05, 4.69) is 10.5 Å². The molecule has 2 aromatic carbocycles. The number of aryl methyl sites for hydroxylation is 1. The van der Waals surface area contributed by atoms with Crippen LogP contribution < -0.4 is 14.9 Å². The van der Waals surface area contributed by atoms with Crippen LogP contribution in [0.25, 0.3) is 0 Å². The van der Waals surface area contributed by atoms with Crippen LogP contribution >= 0.6 is 11.6 Å². The zero-order chi connectivity index (χ0) is 16.7. The lowest BCUT2D eigenvalue weighted by Gasteiger charge is -2.08. The zero-order valence-electron chi connectivity index (χ0n) is 12.9. The Morgan fingerprint density at radius 3 is 2.87 bits per heavy atom. The minimum atomic E-state index is -0.349. The SMILES string of the molecule is COc1cccc(/C=N/NC(=O)COc2ccc(Cl)cc2C)c1. The van der Waals surface area contributed by atoms with Crippen molar-refractivity contribution in [2.24, 2.45) is 5.10 Å². The van der Waals surface area contributed by atoms with Crippen molar-refractivity contribution in [1.82, 2.24) is 5.43 Å². The highest BCUT2D eigenvalue weighted by atomic mass is 35.5. The minimum absolute atomic E-state index is 0.127. The highest BCUT2D eigenvalue weighted by Gasteiger charge is 2.04. The van der Waals surface area contributed by atoms with Gasteiger partial charge in [-0.05, 0) is 48.4 Å². The molecular formula is C17H17ClN2O3. The van der Waals surface area contributed by atoms with Crippen LogP contribution in [-0.4, -0.2) is 25.8 Å². The van der Waals surface area contributed by atoms with Gasteiger partial charge in [-0.1, -0.05) is 23.7 Å². The van der Waals surface area contributed by atoms with E-state index in [1.165, 1.54) is 6.21 Å². The molecule has 0 aliphatic heterocycles. The number of hydrogen-bond acceptors (Lipinski definition) is 4. The highest BCUT2D eigenvalue weighted by Crippen LogP contribution is 2.21. The third-order valence-corrected chi connectivity index (χ3v) is 3.23. The Hall–Kier alpha value is -2.53. The van der Waals surface area contributed by atoms with Crippen LogP contribution in [0.15, 0.2) is 47.6 Å². The first-order valence-electron chi connectivity index (χ1n) is 6.93. The van der Waals surface area contributed by atoms with Gasteiger partial charge < -0.3 is 9.47 Å². The fourth-order valence-corrected chi connectivity index (χ4v) is 2.08. The molecule has 23 heavy (non-hydrogen) atoms. The summed E-state index contributed by atoms with van der Waals surface area (Å²) in [6.07, 6.45) is 1.54. The summed E-state index contributed by atoms with van der Waals surface area (Å²) in [5.41, 5.74) is 4.09. The van der Waals surface area contributed by atoms with E-state index in [-0.39, 0.29) is 12.5 Å². The van der Waals surface area contributed by atoms with Gasteiger partial charge >= 0.3 is 0 Å². The second-order valence-electron chi connectivity index (χ2n) is 4.77. The Bertz CT molecular complexity index is 717. The zero-order valence-corrected chi connectivity index (χ0v) is 13.6. The molecule has 1 N–H and O–H groups in total. The number of nitrogens with zero attached hydrogens (tertiary/aromatic N) is 1. The first kappa shape index (κ1) is 16.8. The average molecular weight is 333 g/mol. The van der Waals surface area contributed by atoms with Gasteiger partial charge in [0, 0.05) is 5.02 Å². The summed E-state index contributed by atoms with van der Waals surface area (Å²) in [5.74, 6) is 0.988. The summed E-state index contributed by atoms with van der Waals surface area (Å²) in [6, 6.07) is 12.5. The first-order chi connectivity index (χ1) is 11.1. The molecule has 2 aromatic rings. The molecule has 120 valence electrons. The fraction of sp³-hybridized carbons (Fsp3) is 0.176. The summed E-state index contributed by atoms with van der Waals surface area (Å²) < 4.78 is 10.5. The molecule has 6 heteroatoms. The first-order valence-corrected chi connectivity index (χ1v) is 7.31. The van der Waals surface area contributed by atoms with E-state index in [1.54, 1.807) is 25.3 Å².